The summed E-state index contributed by atoms with van der Waals surface area (Å²) in [7, 11) is 1.60. The molecule has 0 saturated heterocycles. The first-order valence-corrected chi connectivity index (χ1v) is 16.2. The monoisotopic (exact) mass is 588 g/mol. The Balaban J connectivity index is 2.12. The Morgan fingerprint density at radius 2 is 1.41 bits per heavy atom. The van der Waals surface area contributed by atoms with Gasteiger partial charge in [0.15, 0.2) is 0 Å². The van der Waals surface area contributed by atoms with Crippen LogP contribution in [-0.4, -0.2) is 48.1 Å². The summed E-state index contributed by atoms with van der Waals surface area (Å²) in [5.41, 5.74) is 2.30. The summed E-state index contributed by atoms with van der Waals surface area (Å²) in [6.45, 7) is 7.91. The molecule has 0 radical (unpaired) electrons. The molecule has 2 rings (SSSR count). The molecule has 0 aromatic heterocycles. The maximum Gasteiger partial charge on any atom is 0.416 e. The molecule has 230 valence electrons. The van der Waals surface area contributed by atoms with Gasteiger partial charge in [0.2, 0.25) is 5.11 Å². The lowest BCUT2D eigenvalue weighted by Gasteiger charge is -2.39. The Bertz CT molecular complexity index is 996. The van der Waals surface area contributed by atoms with E-state index in [0.717, 1.165) is 30.4 Å². The third kappa shape index (κ3) is 10.7. The number of ether oxygens (including phenoxy) is 3. The largest absolute Gasteiger partial charge is 0.496 e. The van der Waals surface area contributed by atoms with Crippen molar-refractivity contribution in [2.45, 2.75) is 124 Å². The van der Waals surface area contributed by atoms with E-state index in [-0.39, 0.29) is 18.3 Å². The van der Waals surface area contributed by atoms with Crippen LogP contribution in [0.15, 0.2) is 23.2 Å². The molecule has 1 heterocycles. The summed E-state index contributed by atoms with van der Waals surface area (Å²) in [6.07, 6.45) is 16.9. The van der Waals surface area contributed by atoms with Gasteiger partial charge < -0.3 is 14.2 Å². The lowest BCUT2D eigenvalue weighted by atomic mass is 9.83. The van der Waals surface area contributed by atoms with Gasteiger partial charge in [-0.2, -0.15) is 0 Å². The zero-order chi connectivity index (χ0) is 30.0. The van der Waals surface area contributed by atoms with Crippen molar-refractivity contribution in [2.24, 2.45) is 10.9 Å². The molecule has 1 aliphatic heterocycles. The van der Waals surface area contributed by atoms with E-state index in [9.17, 15) is 9.59 Å². The average Bonchev–Trinajstić information content (AvgIpc) is 2.95. The van der Waals surface area contributed by atoms with Crippen molar-refractivity contribution >= 4 is 35.1 Å². The molecule has 1 aliphatic rings. The highest BCUT2D eigenvalue weighted by Crippen LogP contribution is 2.42. The standard InChI is InChI=1S/C33H52N2O5S/c1-6-9-10-11-12-13-14-15-16-17-18-19-20-22-26-23-21-24-27(38-5)29(26)30-28(31(36)39-7-2)25(4)34-32(41)35(30)33(37)40-8-3/h21,23-24,28,30H,6-20,22H2,1-5H3. The first-order chi connectivity index (χ1) is 19.9. The van der Waals surface area contributed by atoms with Crippen molar-refractivity contribution < 1.29 is 23.8 Å². The van der Waals surface area contributed by atoms with Gasteiger partial charge in [0.1, 0.15) is 11.7 Å². The summed E-state index contributed by atoms with van der Waals surface area (Å²) in [5.74, 6) is -0.676. The van der Waals surface area contributed by atoms with Crippen LogP contribution >= 0.6 is 12.2 Å². The number of thiocarbonyl (C=S) groups is 1. The van der Waals surface area contributed by atoms with Crippen molar-refractivity contribution in [3.05, 3.63) is 29.3 Å². The van der Waals surface area contributed by atoms with Gasteiger partial charge in [0.05, 0.1) is 26.4 Å². The van der Waals surface area contributed by atoms with Crippen molar-refractivity contribution in [1.29, 1.82) is 0 Å². The lowest BCUT2D eigenvalue weighted by Crippen LogP contribution is -2.50. The predicted octanol–water partition coefficient (Wildman–Crippen LogP) is 8.77. The first kappa shape index (κ1) is 34.7. The van der Waals surface area contributed by atoms with Gasteiger partial charge in [-0.25, -0.2) is 14.7 Å². The van der Waals surface area contributed by atoms with E-state index in [4.69, 9.17) is 26.4 Å². The van der Waals surface area contributed by atoms with Crippen LogP contribution in [0.4, 0.5) is 4.79 Å². The molecule has 7 nitrogen and oxygen atoms in total. The second-order valence-corrected chi connectivity index (χ2v) is 11.2. The van der Waals surface area contributed by atoms with Crippen molar-refractivity contribution in [1.82, 2.24) is 4.90 Å². The minimum atomic E-state index is -0.826. The summed E-state index contributed by atoms with van der Waals surface area (Å²) in [5, 5.41) is 0.0734. The Labute approximate surface area is 253 Å². The van der Waals surface area contributed by atoms with E-state index in [1.807, 2.05) is 18.2 Å². The molecule has 1 aromatic rings. The van der Waals surface area contributed by atoms with Crippen LogP contribution in [0.1, 0.15) is 128 Å². The molecule has 0 saturated carbocycles. The second kappa shape index (κ2) is 19.6. The van der Waals surface area contributed by atoms with Gasteiger partial charge in [-0.15, -0.1) is 0 Å². The fraction of sp³-hybridized carbons (Fsp3) is 0.697. The molecule has 0 bridgehead atoms. The molecule has 0 aliphatic carbocycles. The number of nitrogens with zero attached hydrogens (tertiary/aromatic N) is 2. The molecule has 0 spiro atoms. The molecule has 1 amide bonds. The van der Waals surface area contributed by atoms with E-state index in [2.05, 4.69) is 11.9 Å². The van der Waals surface area contributed by atoms with Crippen LogP contribution in [-0.2, 0) is 20.7 Å². The number of aryl methyl sites for hydroxylation is 1. The fourth-order valence-electron chi connectivity index (χ4n) is 5.64. The summed E-state index contributed by atoms with van der Waals surface area (Å²) in [6, 6.07) is 5.09. The van der Waals surface area contributed by atoms with Gasteiger partial charge in [-0.05, 0) is 57.5 Å². The normalized spacial score (nSPS) is 16.9. The second-order valence-electron chi connectivity index (χ2n) is 10.8. The number of hydrogen-bond donors (Lipinski definition) is 0. The van der Waals surface area contributed by atoms with Crippen molar-refractivity contribution in [2.75, 3.05) is 20.3 Å². The van der Waals surface area contributed by atoms with Crippen LogP contribution in [0.5, 0.6) is 5.75 Å². The number of carbonyl (C=O) groups excluding carboxylic acids is 2. The molecule has 41 heavy (non-hydrogen) atoms. The number of amides is 1. The smallest absolute Gasteiger partial charge is 0.416 e. The molecule has 1 aromatic carbocycles. The van der Waals surface area contributed by atoms with Gasteiger partial charge >= 0.3 is 12.1 Å². The summed E-state index contributed by atoms with van der Waals surface area (Å²) < 4.78 is 16.6. The third-order valence-electron chi connectivity index (χ3n) is 7.75. The van der Waals surface area contributed by atoms with Crippen LogP contribution in [0.2, 0.25) is 0 Å². The Kier molecular flexibility index (Phi) is 16.6. The number of rotatable bonds is 19. The topological polar surface area (TPSA) is 77.4 Å². The maximum atomic E-state index is 13.3. The van der Waals surface area contributed by atoms with Gasteiger partial charge in [-0.1, -0.05) is 96.1 Å². The minimum Gasteiger partial charge on any atom is -0.496 e. The lowest BCUT2D eigenvalue weighted by molar-refractivity contribution is -0.147. The Hall–Kier alpha value is -2.48. The Morgan fingerprint density at radius 3 is 1.95 bits per heavy atom. The van der Waals surface area contributed by atoms with Crippen molar-refractivity contribution in [3.63, 3.8) is 0 Å². The number of hydrogen-bond acceptors (Lipinski definition) is 6. The van der Waals surface area contributed by atoms with E-state index < -0.39 is 24.0 Å². The van der Waals surface area contributed by atoms with Crippen molar-refractivity contribution in [3.8, 4) is 5.75 Å². The molecule has 8 heteroatoms. The highest BCUT2D eigenvalue weighted by atomic mass is 32.1. The highest BCUT2D eigenvalue weighted by Gasteiger charge is 2.47. The number of methoxy groups -OCH3 is 1. The molecule has 0 fully saturated rings. The SMILES string of the molecule is CCCCCCCCCCCCCCCc1cccc(OC)c1C1C(C(=O)OCC)C(C)=NC(=S)N1C(=O)OCC. The van der Waals surface area contributed by atoms with Gasteiger partial charge in [0, 0.05) is 11.3 Å². The fourth-order valence-corrected chi connectivity index (χ4v) is 5.97. The zero-order valence-corrected chi connectivity index (χ0v) is 26.9. The van der Waals surface area contributed by atoms with Crippen LogP contribution < -0.4 is 4.74 Å². The van der Waals surface area contributed by atoms with E-state index >= 15 is 0 Å². The minimum absolute atomic E-state index is 0.0734. The van der Waals surface area contributed by atoms with E-state index in [1.54, 1.807) is 27.9 Å². The zero-order valence-electron chi connectivity index (χ0n) is 26.0. The molecule has 0 N–H and O–H groups in total. The highest BCUT2D eigenvalue weighted by molar-refractivity contribution is 7.80. The first-order valence-electron chi connectivity index (χ1n) is 15.8. The quantitative estimate of drug-likeness (QED) is 0.0913. The number of carbonyl (C=O) groups is 2. The van der Waals surface area contributed by atoms with Gasteiger partial charge in [0.25, 0.3) is 0 Å². The van der Waals surface area contributed by atoms with Crippen LogP contribution in [0, 0.1) is 5.92 Å². The molecule has 2 atom stereocenters. The summed E-state index contributed by atoms with van der Waals surface area (Å²) in [4.78, 5) is 32.1. The maximum absolute atomic E-state index is 13.3. The molecular weight excluding hydrogens is 536 g/mol. The average molecular weight is 589 g/mol. The molecular formula is C33H52N2O5S. The molecule has 2 unspecified atom stereocenters. The summed E-state index contributed by atoms with van der Waals surface area (Å²) >= 11 is 5.54. The van der Waals surface area contributed by atoms with E-state index in [0.29, 0.717) is 11.5 Å². The third-order valence-corrected chi connectivity index (χ3v) is 8.04. The number of esters is 1. The van der Waals surface area contributed by atoms with E-state index in [1.165, 1.54) is 75.5 Å². The number of aliphatic imine (C=N–C) groups is 1. The number of unbranched alkanes of at least 4 members (excludes halogenated alkanes) is 12. The van der Waals surface area contributed by atoms with Gasteiger partial charge in [-0.3, -0.25) is 4.79 Å². The number of benzene rings is 1. The predicted molar refractivity (Wildman–Crippen MR) is 170 cm³/mol. The van der Waals surface area contributed by atoms with Crippen LogP contribution in [0.3, 0.4) is 0 Å². The van der Waals surface area contributed by atoms with Crippen LogP contribution in [0.25, 0.3) is 0 Å². The Morgan fingerprint density at radius 1 is 0.854 bits per heavy atom.